The van der Waals surface area contributed by atoms with Gasteiger partial charge < -0.3 is 10.2 Å². The normalized spacial score (nSPS) is 28.4. The summed E-state index contributed by atoms with van der Waals surface area (Å²) in [6.07, 6.45) is 2.34. The summed E-state index contributed by atoms with van der Waals surface area (Å²) < 4.78 is 1.16. The van der Waals surface area contributed by atoms with E-state index in [1.807, 2.05) is 0 Å². The number of hydrogen-bond donors (Lipinski definition) is 1. The number of benzene rings is 1. The lowest BCUT2D eigenvalue weighted by atomic mass is 9.92. The zero-order chi connectivity index (χ0) is 13.2. The standard InChI is InChI=1S/C15H23BrN2/c1-4-13-10-17-15(3,5-2)11-18(13)14-8-6-7-12(16)9-14/h6-9,13,17H,4-5,10-11H2,1-3H3. The summed E-state index contributed by atoms with van der Waals surface area (Å²) in [6, 6.07) is 9.25. The average molecular weight is 311 g/mol. The average Bonchev–Trinajstić information content (AvgIpc) is 2.39. The van der Waals surface area contributed by atoms with E-state index in [1.54, 1.807) is 0 Å². The topological polar surface area (TPSA) is 15.3 Å². The van der Waals surface area contributed by atoms with E-state index < -0.39 is 0 Å². The molecule has 1 N–H and O–H groups in total. The molecule has 18 heavy (non-hydrogen) atoms. The molecule has 2 unspecified atom stereocenters. The number of piperazine rings is 1. The Morgan fingerprint density at radius 3 is 2.83 bits per heavy atom. The van der Waals surface area contributed by atoms with Crippen molar-refractivity contribution in [3.05, 3.63) is 28.7 Å². The van der Waals surface area contributed by atoms with Gasteiger partial charge in [-0.05, 0) is 38.0 Å². The van der Waals surface area contributed by atoms with Crippen LogP contribution in [0.4, 0.5) is 5.69 Å². The van der Waals surface area contributed by atoms with E-state index in [0.717, 1.165) is 24.0 Å². The molecule has 100 valence electrons. The van der Waals surface area contributed by atoms with Crippen molar-refractivity contribution in [1.29, 1.82) is 0 Å². The third-order valence-electron chi connectivity index (χ3n) is 4.12. The van der Waals surface area contributed by atoms with Crippen LogP contribution >= 0.6 is 15.9 Å². The van der Waals surface area contributed by atoms with Crippen molar-refractivity contribution < 1.29 is 0 Å². The van der Waals surface area contributed by atoms with Crippen LogP contribution in [0.25, 0.3) is 0 Å². The third-order valence-corrected chi connectivity index (χ3v) is 4.61. The molecule has 0 saturated carbocycles. The highest BCUT2D eigenvalue weighted by atomic mass is 79.9. The van der Waals surface area contributed by atoms with Crippen LogP contribution in [0.5, 0.6) is 0 Å². The van der Waals surface area contributed by atoms with E-state index in [2.05, 4.69) is 71.2 Å². The van der Waals surface area contributed by atoms with Crippen LogP contribution in [0.15, 0.2) is 28.7 Å². The summed E-state index contributed by atoms with van der Waals surface area (Å²) in [4.78, 5) is 2.56. The molecule has 0 radical (unpaired) electrons. The van der Waals surface area contributed by atoms with Crippen molar-refractivity contribution in [2.75, 3.05) is 18.0 Å². The molecule has 0 amide bonds. The summed E-state index contributed by atoms with van der Waals surface area (Å²) in [7, 11) is 0. The van der Waals surface area contributed by atoms with Gasteiger partial charge in [0.1, 0.15) is 0 Å². The predicted molar refractivity (Wildman–Crippen MR) is 82.3 cm³/mol. The fourth-order valence-corrected chi connectivity index (χ4v) is 2.98. The summed E-state index contributed by atoms with van der Waals surface area (Å²) in [5, 5.41) is 3.71. The highest BCUT2D eigenvalue weighted by molar-refractivity contribution is 9.10. The van der Waals surface area contributed by atoms with Crippen molar-refractivity contribution in [3.8, 4) is 0 Å². The molecular formula is C15H23BrN2. The maximum absolute atomic E-state index is 3.71. The Hall–Kier alpha value is -0.540. The second kappa shape index (κ2) is 5.62. The minimum Gasteiger partial charge on any atom is -0.365 e. The molecule has 1 aliphatic heterocycles. The molecule has 1 heterocycles. The Bertz CT molecular complexity index is 407. The van der Waals surface area contributed by atoms with E-state index in [9.17, 15) is 0 Å². The number of anilines is 1. The van der Waals surface area contributed by atoms with Gasteiger partial charge in [-0.15, -0.1) is 0 Å². The van der Waals surface area contributed by atoms with Gasteiger partial charge in [-0.25, -0.2) is 0 Å². The zero-order valence-corrected chi connectivity index (χ0v) is 13.1. The van der Waals surface area contributed by atoms with Crippen LogP contribution in [0.2, 0.25) is 0 Å². The fourth-order valence-electron chi connectivity index (χ4n) is 2.59. The Kier molecular flexibility index (Phi) is 4.33. The second-order valence-electron chi connectivity index (χ2n) is 5.46. The zero-order valence-electron chi connectivity index (χ0n) is 11.5. The van der Waals surface area contributed by atoms with E-state index in [0.29, 0.717) is 6.04 Å². The first kappa shape index (κ1) is 13.9. The minimum absolute atomic E-state index is 0.230. The molecule has 1 aliphatic rings. The molecule has 3 heteroatoms. The maximum Gasteiger partial charge on any atom is 0.0412 e. The molecule has 1 aromatic rings. The van der Waals surface area contributed by atoms with Gasteiger partial charge in [-0.1, -0.05) is 35.8 Å². The van der Waals surface area contributed by atoms with Gasteiger partial charge in [-0.2, -0.15) is 0 Å². The number of nitrogens with one attached hydrogen (secondary N) is 1. The lowest BCUT2D eigenvalue weighted by Gasteiger charge is -2.47. The summed E-state index contributed by atoms with van der Waals surface area (Å²) in [6.45, 7) is 9.01. The lowest BCUT2D eigenvalue weighted by molar-refractivity contribution is 0.276. The second-order valence-corrected chi connectivity index (χ2v) is 6.38. The molecule has 0 aromatic heterocycles. The van der Waals surface area contributed by atoms with Crippen molar-refractivity contribution in [2.24, 2.45) is 0 Å². The minimum atomic E-state index is 0.230. The third kappa shape index (κ3) is 2.89. The molecule has 1 saturated heterocycles. The molecule has 2 atom stereocenters. The van der Waals surface area contributed by atoms with Gasteiger partial charge in [0.2, 0.25) is 0 Å². The molecule has 0 aliphatic carbocycles. The van der Waals surface area contributed by atoms with E-state index in [-0.39, 0.29) is 5.54 Å². The molecule has 2 nitrogen and oxygen atoms in total. The van der Waals surface area contributed by atoms with Gasteiger partial charge in [0.15, 0.2) is 0 Å². The van der Waals surface area contributed by atoms with Gasteiger partial charge in [0, 0.05) is 34.8 Å². The Morgan fingerprint density at radius 1 is 1.44 bits per heavy atom. The van der Waals surface area contributed by atoms with E-state index >= 15 is 0 Å². The highest BCUT2D eigenvalue weighted by Crippen LogP contribution is 2.28. The molecule has 0 spiro atoms. The first-order valence-electron chi connectivity index (χ1n) is 6.85. The van der Waals surface area contributed by atoms with Gasteiger partial charge >= 0.3 is 0 Å². The first-order valence-corrected chi connectivity index (χ1v) is 7.64. The molecule has 0 bridgehead atoms. The smallest absolute Gasteiger partial charge is 0.0412 e. The largest absolute Gasteiger partial charge is 0.365 e. The van der Waals surface area contributed by atoms with Crippen molar-refractivity contribution >= 4 is 21.6 Å². The summed E-state index contributed by atoms with van der Waals surface area (Å²) in [5.41, 5.74) is 1.56. The van der Waals surface area contributed by atoms with Crippen molar-refractivity contribution in [1.82, 2.24) is 5.32 Å². The summed E-state index contributed by atoms with van der Waals surface area (Å²) in [5.74, 6) is 0. The van der Waals surface area contributed by atoms with Crippen molar-refractivity contribution in [2.45, 2.75) is 45.2 Å². The van der Waals surface area contributed by atoms with Crippen LogP contribution in [-0.4, -0.2) is 24.7 Å². The van der Waals surface area contributed by atoms with Crippen molar-refractivity contribution in [3.63, 3.8) is 0 Å². The monoisotopic (exact) mass is 310 g/mol. The quantitative estimate of drug-likeness (QED) is 0.913. The summed E-state index contributed by atoms with van der Waals surface area (Å²) >= 11 is 3.57. The van der Waals surface area contributed by atoms with Crippen LogP contribution < -0.4 is 10.2 Å². The molecular weight excluding hydrogens is 288 g/mol. The fraction of sp³-hybridized carbons (Fsp3) is 0.600. The predicted octanol–water partition coefficient (Wildman–Crippen LogP) is 3.81. The van der Waals surface area contributed by atoms with Crippen LogP contribution in [0, 0.1) is 0 Å². The highest BCUT2D eigenvalue weighted by Gasteiger charge is 2.33. The van der Waals surface area contributed by atoms with Crippen LogP contribution in [0.3, 0.4) is 0 Å². The lowest BCUT2D eigenvalue weighted by Crippen LogP contribution is -2.62. The van der Waals surface area contributed by atoms with Gasteiger partial charge in [0.25, 0.3) is 0 Å². The SMILES string of the molecule is CCC1CNC(C)(CC)CN1c1cccc(Br)c1. The first-order chi connectivity index (χ1) is 8.58. The number of halogens is 1. The molecule has 2 rings (SSSR count). The number of hydrogen-bond acceptors (Lipinski definition) is 2. The maximum atomic E-state index is 3.71. The Labute approximate surface area is 119 Å². The van der Waals surface area contributed by atoms with Crippen LogP contribution in [0.1, 0.15) is 33.6 Å². The molecule has 1 fully saturated rings. The van der Waals surface area contributed by atoms with E-state index in [1.165, 1.54) is 12.1 Å². The Morgan fingerprint density at radius 2 is 2.22 bits per heavy atom. The van der Waals surface area contributed by atoms with Crippen LogP contribution in [-0.2, 0) is 0 Å². The number of nitrogens with zero attached hydrogens (tertiary/aromatic N) is 1. The van der Waals surface area contributed by atoms with Gasteiger partial charge in [0.05, 0.1) is 0 Å². The Balaban J connectivity index is 2.26. The van der Waals surface area contributed by atoms with Gasteiger partial charge in [-0.3, -0.25) is 0 Å². The number of rotatable bonds is 3. The molecule has 1 aromatic carbocycles. The van der Waals surface area contributed by atoms with E-state index in [4.69, 9.17) is 0 Å².